The molecule has 1 aliphatic rings. The van der Waals surface area contributed by atoms with Crippen molar-refractivity contribution in [2.45, 2.75) is 12.8 Å². The highest BCUT2D eigenvalue weighted by Crippen LogP contribution is 2.17. The first kappa shape index (κ1) is 13.9. The molecule has 0 aromatic carbocycles. The Morgan fingerprint density at radius 3 is 2.94 bits per heavy atom. The zero-order valence-corrected chi connectivity index (χ0v) is 10.5. The van der Waals surface area contributed by atoms with Gasteiger partial charge in [0.2, 0.25) is 0 Å². The molecule has 1 heterocycles. The highest BCUT2D eigenvalue weighted by Gasteiger charge is 2.27. The predicted molar refractivity (Wildman–Crippen MR) is 62.1 cm³/mol. The van der Waals surface area contributed by atoms with Crippen LogP contribution in [-0.2, 0) is 14.9 Å². The second-order valence-electron chi connectivity index (χ2n) is 3.99. The molecule has 3 N–H and O–H groups in total. The van der Waals surface area contributed by atoms with Crippen molar-refractivity contribution in [2.75, 3.05) is 39.9 Å². The van der Waals surface area contributed by atoms with E-state index in [1.54, 1.807) is 7.11 Å². The summed E-state index contributed by atoms with van der Waals surface area (Å²) in [7, 11) is -1.81. The minimum atomic E-state index is -3.35. The number of rotatable bonds is 6. The van der Waals surface area contributed by atoms with Crippen LogP contribution >= 0.6 is 0 Å². The topological polar surface area (TPSA) is 84.7 Å². The quantitative estimate of drug-likeness (QED) is 0.602. The molecule has 16 heavy (non-hydrogen) atoms. The highest BCUT2D eigenvalue weighted by molar-refractivity contribution is 7.87. The Morgan fingerprint density at radius 1 is 1.56 bits per heavy atom. The van der Waals surface area contributed by atoms with Crippen LogP contribution in [0.1, 0.15) is 12.8 Å². The molecule has 6 nitrogen and oxygen atoms in total. The first-order valence-corrected chi connectivity index (χ1v) is 6.98. The van der Waals surface area contributed by atoms with E-state index in [0.29, 0.717) is 32.8 Å². The maximum atomic E-state index is 11.8. The van der Waals surface area contributed by atoms with Gasteiger partial charge in [0.1, 0.15) is 0 Å². The van der Waals surface area contributed by atoms with Gasteiger partial charge in [-0.15, -0.1) is 0 Å². The lowest BCUT2D eigenvalue weighted by Gasteiger charge is -2.31. The van der Waals surface area contributed by atoms with Gasteiger partial charge in [-0.3, -0.25) is 0 Å². The van der Waals surface area contributed by atoms with E-state index < -0.39 is 10.2 Å². The molecule has 1 aliphatic heterocycles. The van der Waals surface area contributed by atoms with Gasteiger partial charge in [-0.05, 0) is 25.3 Å². The summed E-state index contributed by atoms with van der Waals surface area (Å²) in [4.78, 5) is 0. The largest absolute Gasteiger partial charge is 0.383 e. The molecule has 1 rings (SSSR count). The molecule has 0 aromatic heterocycles. The van der Waals surface area contributed by atoms with Crippen molar-refractivity contribution in [1.82, 2.24) is 9.03 Å². The zero-order valence-electron chi connectivity index (χ0n) is 9.68. The molecule has 0 bridgehead atoms. The first-order valence-electron chi connectivity index (χ1n) is 5.54. The summed E-state index contributed by atoms with van der Waals surface area (Å²) in [5.74, 6) is 0.285. The van der Waals surface area contributed by atoms with E-state index in [9.17, 15) is 8.42 Å². The number of nitrogens with one attached hydrogen (secondary N) is 1. The molecule has 7 heteroatoms. The molecule has 0 amide bonds. The number of methoxy groups -OCH3 is 1. The third kappa shape index (κ3) is 3.99. The van der Waals surface area contributed by atoms with Crippen LogP contribution in [0, 0.1) is 5.92 Å². The van der Waals surface area contributed by atoms with Gasteiger partial charge in [0.15, 0.2) is 0 Å². The molecule has 96 valence electrons. The van der Waals surface area contributed by atoms with Gasteiger partial charge < -0.3 is 10.5 Å². The summed E-state index contributed by atoms with van der Waals surface area (Å²) in [6.07, 6.45) is 1.90. The van der Waals surface area contributed by atoms with Crippen molar-refractivity contribution >= 4 is 10.2 Å². The highest BCUT2D eigenvalue weighted by atomic mass is 32.2. The van der Waals surface area contributed by atoms with Crippen LogP contribution in [0.25, 0.3) is 0 Å². The molecule has 0 radical (unpaired) electrons. The second kappa shape index (κ2) is 6.51. The van der Waals surface area contributed by atoms with Crippen molar-refractivity contribution in [1.29, 1.82) is 0 Å². The fraction of sp³-hybridized carbons (Fsp3) is 1.00. The van der Waals surface area contributed by atoms with Crippen LogP contribution in [0.2, 0.25) is 0 Å². The van der Waals surface area contributed by atoms with Gasteiger partial charge >= 0.3 is 0 Å². The Balaban J connectivity index is 2.47. The van der Waals surface area contributed by atoms with Gasteiger partial charge in [0.25, 0.3) is 10.2 Å². The third-order valence-corrected chi connectivity index (χ3v) is 4.33. The monoisotopic (exact) mass is 251 g/mol. The fourth-order valence-electron chi connectivity index (χ4n) is 1.80. The minimum Gasteiger partial charge on any atom is -0.383 e. The lowest BCUT2D eigenvalue weighted by molar-refractivity contribution is 0.202. The molecule has 0 aliphatic carbocycles. The Hall–Kier alpha value is -0.210. The lowest BCUT2D eigenvalue weighted by atomic mass is 10.0. The summed E-state index contributed by atoms with van der Waals surface area (Å²) in [5, 5.41) is 0. The SMILES string of the molecule is COCCNS(=O)(=O)N1CCCC(CN)C1. The van der Waals surface area contributed by atoms with Crippen molar-refractivity contribution in [3.63, 3.8) is 0 Å². The number of nitrogens with two attached hydrogens (primary N) is 1. The van der Waals surface area contributed by atoms with Crippen LogP contribution in [0.5, 0.6) is 0 Å². The average Bonchev–Trinajstić information content (AvgIpc) is 2.29. The number of nitrogens with zero attached hydrogens (tertiary/aromatic N) is 1. The number of hydrogen-bond donors (Lipinski definition) is 2. The Morgan fingerprint density at radius 2 is 2.31 bits per heavy atom. The Labute approximate surface area is 97.3 Å². The first-order chi connectivity index (χ1) is 7.60. The maximum Gasteiger partial charge on any atom is 0.279 e. The standard InChI is InChI=1S/C9H21N3O3S/c1-15-6-4-11-16(13,14)12-5-2-3-9(7-10)8-12/h9,11H,2-8,10H2,1H3. The molecule has 1 saturated heterocycles. The van der Waals surface area contributed by atoms with E-state index >= 15 is 0 Å². The zero-order chi connectivity index (χ0) is 12.0. The molecule has 1 atom stereocenters. The van der Waals surface area contributed by atoms with E-state index in [2.05, 4.69) is 4.72 Å². The average molecular weight is 251 g/mol. The number of ether oxygens (including phenoxy) is 1. The molecule has 0 saturated carbocycles. The second-order valence-corrected chi connectivity index (χ2v) is 5.75. The smallest absolute Gasteiger partial charge is 0.279 e. The van der Waals surface area contributed by atoms with Crippen molar-refractivity contribution in [2.24, 2.45) is 11.7 Å². The van der Waals surface area contributed by atoms with Crippen molar-refractivity contribution in [3.05, 3.63) is 0 Å². The normalized spacial score (nSPS) is 23.5. The Kier molecular flexibility index (Phi) is 5.63. The van der Waals surface area contributed by atoms with Gasteiger partial charge in [0.05, 0.1) is 6.61 Å². The molecule has 1 fully saturated rings. The minimum absolute atomic E-state index is 0.285. The number of hydrogen-bond acceptors (Lipinski definition) is 4. The van der Waals surface area contributed by atoms with Crippen LogP contribution in [-0.4, -0.2) is 52.6 Å². The van der Waals surface area contributed by atoms with E-state index in [1.165, 1.54) is 4.31 Å². The van der Waals surface area contributed by atoms with Gasteiger partial charge in [0, 0.05) is 26.7 Å². The van der Waals surface area contributed by atoms with Gasteiger partial charge in [-0.2, -0.15) is 17.4 Å². The Bertz CT molecular complexity index is 294. The van der Waals surface area contributed by atoms with E-state index in [1.807, 2.05) is 0 Å². The van der Waals surface area contributed by atoms with Crippen molar-refractivity contribution in [3.8, 4) is 0 Å². The number of piperidine rings is 1. The third-order valence-electron chi connectivity index (χ3n) is 2.75. The molecule has 0 aromatic rings. The van der Waals surface area contributed by atoms with Gasteiger partial charge in [-0.25, -0.2) is 0 Å². The summed E-state index contributed by atoms with van der Waals surface area (Å²) < 4.78 is 32.5. The van der Waals surface area contributed by atoms with Crippen LogP contribution < -0.4 is 10.5 Å². The summed E-state index contributed by atoms with van der Waals surface area (Å²) >= 11 is 0. The summed E-state index contributed by atoms with van der Waals surface area (Å²) in [6.45, 7) is 2.34. The molecule has 1 unspecified atom stereocenters. The summed E-state index contributed by atoms with van der Waals surface area (Å²) in [5.41, 5.74) is 5.57. The predicted octanol–water partition coefficient (Wildman–Crippen LogP) is -0.862. The van der Waals surface area contributed by atoms with E-state index in [-0.39, 0.29) is 5.92 Å². The molecule has 0 spiro atoms. The van der Waals surface area contributed by atoms with Crippen LogP contribution in [0.15, 0.2) is 0 Å². The molecular weight excluding hydrogens is 230 g/mol. The summed E-state index contributed by atoms with van der Waals surface area (Å²) in [6, 6.07) is 0. The van der Waals surface area contributed by atoms with E-state index in [0.717, 1.165) is 12.8 Å². The van der Waals surface area contributed by atoms with Crippen molar-refractivity contribution < 1.29 is 13.2 Å². The lowest BCUT2D eigenvalue weighted by Crippen LogP contribution is -2.47. The van der Waals surface area contributed by atoms with E-state index in [4.69, 9.17) is 10.5 Å². The fourth-order valence-corrected chi connectivity index (χ4v) is 3.10. The molecular formula is C9H21N3O3S. The van der Waals surface area contributed by atoms with Crippen LogP contribution in [0.4, 0.5) is 0 Å². The van der Waals surface area contributed by atoms with Crippen LogP contribution in [0.3, 0.4) is 0 Å². The maximum absolute atomic E-state index is 11.8. The van der Waals surface area contributed by atoms with Gasteiger partial charge in [-0.1, -0.05) is 0 Å².